The molecule has 2 unspecified atom stereocenters. The van der Waals surface area contributed by atoms with Crippen molar-refractivity contribution in [1.29, 1.82) is 0 Å². The summed E-state index contributed by atoms with van der Waals surface area (Å²) in [5, 5.41) is 11.2. The minimum absolute atomic E-state index is 0.234. The van der Waals surface area contributed by atoms with E-state index in [0.717, 1.165) is 8.45 Å². The molecule has 0 aliphatic rings. The topological polar surface area (TPSA) is 46.2 Å². The number of hydrogen-bond acceptors (Lipinski definition) is 3. The Morgan fingerprint density at radius 3 is 2.73 bits per heavy atom. The Morgan fingerprint density at radius 2 is 2.36 bits per heavy atom. The SMILES string of the molecule is CC(O)C(N)c1sccc1I. The largest absolute Gasteiger partial charge is 0.391 e. The molecule has 1 aromatic rings. The van der Waals surface area contributed by atoms with E-state index in [1.165, 1.54) is 0 Å². The van der Waals surface area contributed by atoms with Crippen molar-refractivity contribution in [3.63, 3.8) is 0 Å². The van der Waals surface area contributed by atoms with Crippen LogP contribution in [0.2, 0.25) is 0 Å². The van der Waals surface area contributed by atoms with E-state index in [1.54, 1.807) is 18.3 Å². The van der Waals surface area contributed by atoms with Crippen molar-refractivity contribution in [2.45, 2.75) is 19.1 Å². The second-order valence-corrected chi connectivity index (χ2v) is 4.51. The monoisotopic (exact) mass is 283 g/mol. The van der Waals surface area contributed by atoms with Gasteiger partial charge in [0.15, 0.2) is 0 Å². The van der Waals surface area contributed by atoms with Crippen LogP contribution in [0.25, 0.3) is 0 Å². The summed E-state index contributed by atoms with van der Waals surface area (Å²) in [7, 11) is 0. The third kappa shape index (κ3) is 2.14. The van der Waals surface area contributed by atoms with E-state index in [2.05, 4.69) is 22.6 Å². The molecule has 0 saturated carbocycles. The lowest BCUT2D eigenvalue weighted by Crippen LogP contribution is -2.22. The van der Waals surface area contributed by atoms with Crippen LogP contribution in [-0.4, -0.2) is 11.2 Å². The van der Waals surface area contributed by atoms with E-state index in [4.69, 9.17) is 5.73 Å². The smallest absolute Gasteiger partial charge is 0.0713 e. The van der Waals surface area contributed by atoms with Gasteiger partial charge < -0.3 is 10.8 Å². The Kier molecular flexibility index (Phi) is 3.29. The van der Waals surface area contributed by atoms with Crippen LogP contribution < -0.4 is 5.73 Å². The van der Waals surface area contributed by atoms with Gasteiger partial charge in [-0.1, -0.05) is 0 Å². The zero-order chi connectivity index (χ0) is 8.43. The first-order chi connectivity index (χ1) is 5.13. The fraction of sp³-hybridized carbons (Fsp3) is 0.429. The summed E-state index contributed by atoms with van der Waals surface area (Å²) in [5.74, 6) is 0. The van der Waals surface area contributed by atoms with Gasteiger partial charge in [0.25, 0.3) is 0 Å². The summed E-state index contributed by atoms with van der Waals surface area (Å²) in [6.07, 6.45) is -0.470. The first-order valence-corrected chi connectivity index (χ1v) is 5.25. The van der Waals surface area contributed by atoms with E-state index < -0.39 is 6.10 Å². The van der Waals surface area contributed by atoms with E-state index in [0.29, 0.717) is 0 Å². The van der Waals surface area contributed by atoms with Crippen LogP contribution in [0.15, 0.2) is 11.4 Å². The molecule has 0 aliphatic heterocycles. The van der Waals surface area contributed by atoms with Gasteiger partial charge in [-0.2, -0.15) is 0 Å². The van der Waals surface area contributed by atoms with Gasteiger partial charge in [0, 0.05) is 8.45 Å². The molecular weight excluding hydrogens is 273 g/mol. The molecule has 3 N–H and O–H groups in total. The van der Waals surface area contributed by atoms with Crippen molar-refractivity contribution in [3.8, 4) is 0 Å². The molecule has 0 aliphatic carbocycles. The molecule has 0 spiro atoms. The van der Waals surface area contributed by atoms with E-state index in [9.17, 15) is 5.11 Å². The number of rotatable bonds is 2. The molecule has 0 aromatic carbocycles. The molecule has 62 valence electrons. The summed E-state index contributed by atoms with van der Waals surface area (Å²) < 4.78 is 1.14. The molecule has 2 nitrogen and oxygen atoms in total. The predicted octanol–water partition coefficient (Wildman–Crippen LogP) is 1.73. The third-order valence-electron chi connectivity index (χ3n) is 1.47. The van der Waals surface area contributed by atoms with Crippen molar-refractivity contribution in [1.82, 2.24) is 0 Å². The molecule has 2 atom stereocenters. The van der Waals surface area contributed by atoms with Gasteiger partial charge in [0.2, 0.25) is 0 Å². The molecular formula is C7H10INOS. The van der Waals surface area contributed by atoms with Gasteiger partial charge in [-0.15, -0.1) is 11.3 Å². The molecule has 1 aromatic heterocycles. The predicted molar refractivity (Wildman–Crippen MR) is 55.6 cm³/mol. The Morgan fingerprint density at radius 1 is 1.73 bits per heavy atom. The molecule has 0 amide bonds. The molecule has 11 heavy (non-hydrogen) atoms. The lowest BCUT2D eigenvalue weighted by Gasteiger charge is -2.12. The quantitative estimate of drug-likeness (QED) is 0.812. The summed E-state index contributed by atoms with van der Waals surface area (Å²) in [5.41, 5.74) is 5.74. The normalized spacial score (nSPS) is 16.4. The number of thiophene rings is 1. The van der Waals surface area contributed by atoms with Gasteiger partial charge in [0.05, 0.1) is 12.1 Å². The average molecular weight is 283 g/mol. The fourth-order valence-electron chi connectivity index (χ4n) is 0.762. The molecule has 0 fully saturated rings. The van der Waals surface area contributed by atoms with E-state index in [-0.39, 0.29) is 6.04 Å². The molecule has 4 heteroatoms. The average Bonchev–Trinajstić information content (AvgIpc) is 2.33. The lowest BCUT2D eigenvalue weighted by atomic mass is 10.2. The zero-order valence-corrected chi connectivity index (χ0v) is 9.09. The van der Waals surface area contributed by atoms with Crippen molar-refractivity contribution < 1.29 is 5.11 Å². The van der Waals surface area contributed by atoms with Gasteiger partial charge in [-0.05, 0) is 41.0 Å². The zero-order valence-electron chi connectivity index (χ0n) is 6.12. The number of hydrogen-bond donors (Lipinski definition) is 2. The minimum atomic E-state index is -0.470. The summed E-state index contributed by atoms with van der Waals surface area (Å²) in [6, 6.07) is 1.77. The maximum Gasteiger partial charge on any atom is 0.0713 e. The molecule has 0 saturated heterocycles. The maximum absolute atomic E-state index is 9.20. The summed E-state index contributed by atoms with van der Waals surface area (Å²) in [4.78, 5) is 1.07. The highest BCUT2D eigenvalue weighted by Gasteiger charge is 2.15. The summed E-state index contributed by atoms with van der Waals surface area (Å²) >= 11 is 3.82. The molecule has 0 bridgehead atoms. The standard InChI is InChI=1S/C7H10INOS/c1-4(10)6(9)7-5(8)2-3-11-7/h2-4,6,10H,9H2,1H3. The Labute approximate surface area is 83.6 Å². The van der Waals surface area contributed by atoms with Crippen LogP contribution in [0.3, 0.4) is 0 Å². The van der Waals surface area contributed by atoms with Gasteiger partial charge in [0.1, 0.15) is 0 Å². The number of halogens is 1. The number of aliphatic hydroxyl groups excluding tert-OH is 1. The fourth-order valence-corrected chi connectivity index (χ4v) is 2.81. The van der Waals surface area contributed by atoms with Crippen molar-refractivity contribution >= 4 is 33.9 Å². The Balaban J connectivity index is 2.84. The Bertz CT molecular complexity index is 236. The van der Waals surface area contributed by atoms with Crippen LogP contribution >= 0.6 is 33.9 Å². The van der Waals surface area contributed by atoms with Crippen LogP contribution in [0, 0.1) is 3.57 Å². The van der Waals surface area contributed by atoms with Crippen LogP contribution in [0.1, 0.15) is 17.8 Å². The number of aliphatic hydroxyl groups is 1. The van der Waals surface area contributed by atoms with Crippen molar-refractivity contribution in [3.05, 3.63) is 19.9 Å². The first-order valence-electron chi connectivity index (χ1n) is 3.29. The van der Waals surface area contributed by atoms with Crippen LogP contribution in [0.4, 0.5) is 0 Å². The lowest BCUT2D eigenvalue weighted by molar-refractivity contribution is 0.165. The second kappa shape index (κ2) is 3.84. The number of nitrogens with two attached hydrogens (primary N) is 1. The van der Waals surface area contributed by atoms with Crippen LogP contribution in [-0.2, 0) is 0 Å². The van der Waals surface area contributed by atoms with E-state index >= 15 is 0 Å². The highest BCUT2D eigenvalue weighted by atomic mass is 127. The molecule has 1 heterocycles. The second-order valence-electron chi connectivity index (χ2n) is 2.40. The summed E-state index contributed by atoms with van der Waals surface area (Å²) in [6.45, 7) is 1.71. The highest BCUT2D eigenvalue weighted by molar-refractivity contribution is 14.1. The Hall–Kier alpha value is 0.350. The van der Waals surface area contributed by atoms with Gasteiger partial charge in [-0.25, -0.2) is 0 Å². The minimum Gasteiger partial charge on any atom is -0.391 e. The third-order valence-corrected chi connectivity index (χ3v) is 3.79. The molecule has 1 rings (SSSR count). The highest BCUT2D eigenvalue weighted by Crippen LogP contribution is 2.26. The van der Waals surface area contributed by atoms with Crippen LogP contribution in [0.5, 0.6) is 0 Å². The maximum atomic E-state index is 9.20. The molecule has 0 radical (unpaired) electrons. The van der Waals surface area contributed by atoms with Gasteiger partial charge >= 0.3 is 0 Å². The van der Waals surface area contributed by atoms with Gasteiger partial charge in [-0.3, -0.25) is 0 Å². The first kappa shape index (κ1) is 9.44. The van der Waals surface area contributed by atoms with Crippen molar-refractivity contribution in [2.75, 3.05) is 0 Å². The van der Waals surface area contributed by atoms with E-state index in [1.807, 2.05) is 11.4 Å². The van der Waals surface area contributed by atoms with Crippen molar-refractivity contribution in [2.24, 2.45) is 5.73 Å².